The van der Waals surface area contributed by atoms with Gasteiger partial charge in [0.05, 0.1) is 16.5 Å². The second-order valence-electron chi connectivity index (χ2n) is 5.96. The second kappa shape index (κ2) is 8.33. The van der Waals surface area contributed by atoms with Crippen LogP contribution >= 0.6 is 23.5 Å². The van der Waals surface area contributed by atoms with Crippen LogP contribution in [0.15, 0.2) is 71.6 Å². The number of phenols is 1. The lowest BCUT2D eigenvalue weighted by Gasteiger charge is -2.24. The van der Waals surface area contributed by atoms with Gasteiger partial charge in [-0.2, -0.15) is 0 Å². The molecule has 0 aliphatic rings. The van der Waals surface area contributed by atoms with E-state index in [9.17, 15) is 15.2 Å². The molecule has 0 bridgehead atoms. The van der Waals surface area contributed by atoms with Crippen LogP contribution in [0.2, 0.25) is 5.02 Å². The quantitative estimate of drug-likeness (QED) is 0.313. The summed E-state index contributed by atoms with van der Waals surface area (Å²) in [5.41, 5.74) is 2.86. The van der Waals surface area contributed by atoms with Gasteiger partial charge >= 0.3 is 0 Å². The summed E-state index contributed by atoms with van der Waals surface area (Å²) in [5, 5.41) is 21.1. The average molecular weight is 401 g/mol. The molecule has 27 heavy (non-hydrogen) atoms. The summed E-state index contributed by atoms with van der Waals surface area (Å²) >= 11 is 7.48. The third-order valence-electron chi connectivity index (χ3n) is 3.98. The van der Waals surface area contributed by atoms with E-state index >= 15 is 0 Å². The molecule has 0 saturated heterocycles. The highest BCUT2D eigenvalue weighted by atomic mass is 35.5. The fourth-order valence-electron chi connectivity index (χ4n) is 2.50. The predicted octanol–water partition coefficient (Wildman–Crippen LogP) is 5.98. The van der Waals surface area contributed by atoms with Crippen molar-refractivity contribution in [2.75, 3.05) is 4.31 Å². The monoisotopic (exact) mass is 400 g/mol. The van der Waals surface area contributed by atoms with Crippen molar-refractivity contribution in [3.8, 4) is 5.75 Å². The Morgan fingerprint density at radius 3 is 2.52 bits per heavy atom. The van der Waals surface area contributed by atoms with Gasteiger partial charge in [-0.15, -0.1) is 0 Å². The largest absolute Gasteiger partial charge is 0.506 e. The van der Waals surface area contributed by atoms with Gasteiger partial charge in [0, 0.05) is 22.7 Å². The van der Waals surface area contributed by atoms with Crippen molar-refractivity contribution in [3.63, 3.8) is 0 Å². The molecule has 0 aliphatic carbocycles. The lowest BCUT2D eigenvalue weighted by Crippen LogP contribution is -2.14. The third-order valence-corrected chi connectivity index (χ3v) is 5.48. The molecule has 3 aromatic carbocycles. The molecule has 0 atom stereocenters. The normalized spacial score (nSPS) is 10.6. The van der Waals surface area contributed by atoms with Crippen LogP contribution in [0.1, 0.15) is 11.1 Å². The van der Waals surface area contributed by atoms with Gasteiger partial charge < -0.3 is 9.41 Å². The van der Waals surface area contributed by atoms with Crippen molar-refractivity contribution in [2.24, 2.45) is 0 Å². The maximum Gasteiger partial charge on any atom is 0.270 e. The fraction of sp³-hybridized carbons (Fsp3) is 0.100. The first-order chi connectivity index (χ1) is 12.9. The van der Waals surface area contributed by atoms with E-state index in [0.717, 1.165) is 21.7 Å². The Bertz CT molecular complexity index is 967. The van der Waals surface area contributed by atoms with Gasteiger partial charge in [0.25, 0.3) is 5.69 Å². The lowest BCUT2D eigenvalue weighted by molar-refractivity contribution is -0.385. The predicted molar refractivity (Wildman–Crippen MR) is 109 cm³/mol. The molecule has 0 aliphatic heterocycles. The number of hydrogen-bond acceptors (Lipinski definition) is 5. The first-order valence-corrected chi connectivity index (χ1v) is 9.32. The number of phenolic OH excluding ortho intramolecular Hbond substituents is 1. The molecule has 7 heteroatoms. The molecule has 138 valence electrons. The topological polar surface area (TPSA) is 66.6 Å². The summed E-state index contributed by atoms with van der Waals surface area (Å²) in [7, 11) is 0. The number of nitro benzene ring substituents is 1. The number of nitro groups is 1. The zero-order valence-corrected chi connectivity index (χ0v) is 16.1. The Kier molecular flexibility index (Phi) is 5.88. The number of hydrogen-bond donors (Lipinski definition) is 1. The van der Waals surface area contributed by atoms with E-state index < -0.39 is 4.92 Å². The first kappa shape index (κ1) is 19.1. The number of anilines is 1. The minimum Gasteiger partial charge on any atom is -0.506 e. The van der Waals surface area contributed by atoms with Crippen molar-refractivity contribution < 1.29 is 10.0 Å². The maximum absolute atomic E-state index is 11.1. The number of benzene rings is 3. The summed E-state index contributed by atoms with van der Waals surface area (Å²) < 4.78 is 1.99. The molecule has 0 radical (unpaired) electrons. The Hall–Kier alpha value is -2.70. The van der Waals surface area contributed by atoms with Gasteiger partial charge in [0.15, 0.2) is 0 Å². The molecule has 5 nitrogen and oxygen atoms in total. The van der Waals surface area contributed by atoms with Gasteiger partial charge in [-0.05, 0) is 48.2 Å². The minimum atomic E-state index is -0.400. The van der Waals surface area contributed by atoms with E-state index in [1.165, 1.54) is 24.1 Å². The van der Waals surface area contributed by atoms with Crippen molar-refractivity contribution in [1.82, 2.24) is 0 Å². The SMILES string of the molecule is Cc1ccc([N+](=O)[O-])cc1SN(Cc1ccccc1)c1ccc(O)c(Cl)c1. The highest BCUT2D eigenvalue weighted by Crippen LogP contribution is 2.37. The zero-order chi connectivity index (χ0) is 19.4. The van der Waals surface area contributed by atoms with E-state index in [2.05, 4.69) is 0 Å². The van der Waals surface area contributed by atoms with Gasteiger partial charge in [0.1, 0.15) is 5.75 Å². The Balaban J connectivity index is 1.98. The van der Waals surface area contributed by atoms with Crippen molar-refractivity contribution >= 4 is 34.9 Å². The Labute approximate surface area is 166 Å². The second-order valence-corrected chi connectivity index (χ2v) is 7.43. The lowest BCUT2D eigenvalue weighted by atomic mass is 10.2. The molecule has 3 rings (SSSR count). The molecule has 0 unspecified atom stereocenters. The molecule has 1 N–H and O–H groups in total. The van der Waals surface area contributed by atoms with Crippen LogP contribution in [0.5, 0.6) is 5.75 Å². The number of aryl methyl sites for hydroxylation is 1. The van der Waals surface area contributed by atoms with Crippen LogP contribution in [-0.4, -0.2) is 10.0 Å². The van der Waals surface area contributed by atoms with E-state index in [1.54, 1.807) is 24.3 Å². The number of aromatic hydroxyl groups is 1. The van der Waals surface area contributed by atoms with Crippen LogP contribution in [0.3, 0.4) is 0 Å². The van der Waals surface area contributed by atoms with E-state index in [1.807, 2.05) is 41.6 Å². The minimum absolute atomic E-state index is 0.0107. The number of rotatable bonds is 6. The van der Waals surface area contributed by atoms with Gasteiger partial charge in [-0.3, -0.25) is 10.1 Å². The molecule has 0 aromatic heterocycles. The summed E-state index contributed by atoms with van der Waals surface area (Å²) in [5.74, 6) is 0.0107. The molecule has 0 heterocycles. The molecule has 3 aromatic rings. The average Bonchev–Trinajstić information content (AvgIpc) is 2.65. The van der Waals surface area contributed by atoms with Crippen LogP contribution in [0, 0.1) is 17.0 Å². The Morgan fingerprint density at radius 1 is 1.11 bits per heavy atom. The zero-order valence-electron chi connectivity index (χ0n) is 14.5. The first-order valence-electron chi connectivity index (χ1n) is 8.17. The molecular weight excluding hydrogens is 384 g/mol. The third kappa shape index (κ3) is 4.72. The number of halogens is 1. The summed E-state index contributed by atoms with van der Waals surface area (Å²) in [6.07, 6.45) is 0. The van der Waals surface area contributed by atoms with Crippen LogP contribution in [0.4, 0.5) is 11.4 Å². The highest BCUT2D eigenvalue weighted by molar-refractivity contribution is 8.00. The smallest absolute Gasteiger partial charge is 0.270 e. The van der Waals surface area contributed by atoms with E-state index in [0.29, 0.717) is 6.54 Å². The molecule has 0 amide bonds. The summed E-state index contributed by atoms with van der Waals surface area (Å²) in [6.45, 7) is 2.48. The molecular formula is C20H17ClN2O3S. The standard InChI is InChI=1S/C20H17ClN2O3S/c1-14-7-8-17(23(25)26)12-20(14)27-22(13-15-5-3-2-4-6-15)16-9-10-19(24)18(21)11-16/h2-12,24H,13H2,1H3. The van der Waals surface area contributed by atoms with Crippen LogP contribution in [0.25, 0.3) is 0 Å². The summed E-state index contributed by atoms with van der Waals surface area (Å²) in [6, 6.07) is 19.7. The van der Waals surface area contributed by atoms with Crippen molar-refractivity contribution in [3.05, 3.63) is 93.0 Å². The van der Waals surface area contributed by atoms with Gasteiger partial charge in [-0.25, -0.2) is 0 Å². The summed E-state index contributed by atoms with van der Waals surface area (Å²) in [4.78, 5) is 11.5. The van der Waals surface area contributed by atoms with E-state index in [-0.39, 0.29) is 16.5 Å². The van der Waals surface area contributed by atoms with E-state index in [4.69, 9.17) is 11.6 Å². The van der Waals surface area contributed by atoms with Crippen molar-refractivity contribution in [2.45, 2.75) is 18.4 Å². The molecule has 0 saturated carbocycles. The molecule has 0 fully saturated rings. The van der Waals surface area contributed by atoms with Crippen LogP contribution < -0.4 is 4.31 Å². The number of nitrogens with zero attached hydrogens (tertiary/aromatic N) is 2. The fourth-order valence-corrected chi connectivity index (χ4v) is 3.73. The maximum atomic E-state index is 11.1. The Morgan fingerprint density at radius 2 is 1.85 bits per heavy atom. The highest BCUT2D eigenvalue weighted by Gasteiger charge is 2.16. The number of non-ortho nitro benzene ring substituents is 1. The van der Waals surface area contributed by atoms with Gasteiger partial charge in [-0.1, -0.05) is 48.0 Å². The van der Waals surface area contributed by atoms with Crippen molar-refractivity contribution in [1.29, 1.82) is 0 Å². The molecule has 0 spiro atoms. The van der Waals surface area contributed by atoms with Gasteiger partial charge in [0.2, 0.25) is 0 Å². The van der Waals surface area contributed by atoms with Crippen LogP contribution in [-0.2, 0) is 6.54 Å².